The van der Waals surface area contributed by atoms with Gasteiger partial charge in [-0.3, -0.25) is 14.4 Å². The van der Waals surface area contributed by atoms with Crippen molar-refractivity contribution in [2.75, 3.05) is 5.75 Å². The number of hydrogen-bond donors (Lipinski definition) is 2. The summed E-state index contributed by atoms with van der Waals surface area (Å²) in [5.74, 6) is -1.14. The number of thiol groups is 1. The highest BCUT2D eigenvalue weighted by atomic mass is 32.1. The van der Waals surface area contributed by atoms with Gasteiger partial charge < -0.3 is 5.11 Å². The van der Waals surface area contributed by atoms with Crippen molar-refractivity contribution in [3.05, 3.63) is 0 Å². The first-order chi connectivity index (χ1) is 9.60. The van der Waals surface area contributed by atoms with Gasteiger partial charge in [-0.25, -0.2) is 0 Å². The van der Waals surface area contributed by atoms with Crippen molar-refractivity contribution >= 4 is 30.2 Å². The van der Waals surface area contributed by atoms with Crippen LogP contribution in [0.4, 0.5) is 0 Å². The molecule has 0 amide bonds. The predicted octanol–water partition coefficient (Wildman–Crippen LogP) is 3.39. The molecule has 0 spiro atoms. The lowest BCUT2D eigenvalue weighted by atomic mass is 9.78. The summed E-state index contributed by atoms with van der Waals surface area (Å²) in [4.78, 5) is 34.9. The summed E-state index contributed by atoms with van der Waals surface area (Å²) < 4.78 is 0. The molecule has 0 heterocycles. The smallest absolute Gasteiger partial charge is 0.303 e. The van der Waals surface area contributed by atoms with Crippen molar-refractivity contribution in [1.82, 2.24) is 0 Å². The molecular weight excluding hydrogens is 288 g/mol. The van der Waals surface area contributed by atoms with E-state index in [0.29, 0.717) is 25.0 Å². The molecule has 0 rings (SSSR count). The monoisotopic (exact) mass is 316 g/mol. The van der Waals surface area contributed by atoms with Gasteiger partial charge in [0.05, 0.1) is 0 Å². The third-order valence-corrected chi connectivity index (χ3v) is 3.93. The van der Waals surface area contributed by atoms with Crippen LogP contribution in [0.1, 0.15) is 59.8 Å². The Hall–Kier alpha value is -0.840. The van der Waals surface area contributed by atoms with Gasteiger partial charge in [-0.2, -0.15) is 12.6 Å². The molecule has 0 aromatic rings. The highest BCUT2D eigenvalue weighted by Gasteiger charge is 2.28. The number of aliphatic carboxylic acids is 1. The fourth-order valence-electron chi connectivity index (χ4n) is 2.39. The van der Waals surface area contributed by atoms with Gasteiger partial charge in [-0.15, -0.1) is 0 Å². The van der Waals surface area contributed by atoms with Gasteiger partial charge in [0.15, 0.2) is 0 Å². The zero-order valence-corrected chi connectivity index (χ0v) is 14.4. The maximum atomic E-state index is 12.4. The van der Waals surface area contributed by atoms with E-state index in [1.165, 1.54) is 0 Å². The lowest BCUT2D eigenvalue weighted by Gasteiger charge is -2.26. The third-order valence-electron chi connectivity index (χ3n) is 3.49. The average Bonchev–Trinajstić information content (AvgIpc) is 2.38. The Bertz CT molecular complexity index is 371. The molecule has 21 heavy (non-hydrogen) atoms. The third kappa shape index (κ3) is 8.91. The second-order valence-corrected chi connectivity index (χ2v) is 7.13. The fraction of sp³-hybridized carbons (Fsp3) is 0.812. The largest absolute Gasteiger partial charge is 0.481 e. The summed E-state index contributed by atoms with van der Waals surface area (Å²) >= 11 is 4.16. The molecule has 122 valence electrons. The zero-order chi connectivity index (χ0) is 16.6. The molecule has 2 unspecified atom stereocenters. The van der Waals surface area contributed by atoms with Gasteiger partial charge in [0.2, 0.25) is 0 Å². The van der Waals surface area contributed by atoms with E-state index in [4.69, 9.17) is 5.11 Å². The summed E-state index contributed by atoms with van der Waals surface area (Å²) in [5.41, 5.74) is -0.0515. The first kappa shape index (κ1) is 20.2. The molecule has 1 N–H and O–H groups in total. The molecule has 0 aromatic heterocycles. The number of hydrogen-bond acceptors (Lipinski definition) is 4. The average molecular weight is 316 g/mol. The molecule has 0 radical (unpaired) electrons. The Morgan fingerprint density at radius 1 is 1.10 bits per heavy atom. The van der Waals surface area contributed by atoms with Gasteiger partial charge in [0.25, 0.3) is 0 Å². The summed E-state index contributed by atoms with van der Waals surface area (Å²) in [6.45, 7) is 7.87. The second-order valence-electron chi connectivity index (χ2n) is 6.76. The topological polar surface area (TPSA) is 71.4 Å². The van der Waals surface area contributed by atoms with Gasteiger partial charge in [0.1, 0.15) is 11.6 Å². The van der Waals surface area contributed by atoms with Crippen LogP contribution in [0.2, 0.25) is 0 Å². The Morgan fingerprint density at radius 3 is 2.05 bits per heavy atom. The number of carboxylic acid groups (broad SMARTS) is 1. The molecular formula is C16H28O4S. The van der Waals surface area contributed by atoms with Crippen molar-refractivity contribution in [2.45, 2.75) is 59.8 Å². The van der Waals surface area contributed by atoms with Crippen LogP contribution in [-0.2, 0) is 14.4 Å². The highest BCUT2D eigenvalue weighted by Crippen LogP contribution is 2.29. The number of ketones is 2. The van der Waals surface area contributed by atoms with Crippen LogP contribution < -0.4 is 0 Å². The van der Waals surface area contributed by atoms with Gasteiger partial charge in [0, 0.05) is 36.9 Å². The van der Waals surface area contributed by atoms with E-state index < -0.39 is 5.97 Å². The molecule has 5 heteroatoms. The van der Waals surface area contributed by atoms with Crippen LogP contribution in [0.3, 0.4) is 0 Å². The number of rotatable bonds is 10. The molecule has 0 aromatic carbocycles. The van der Waals surface area contributed by atoms with Crippen molar-refractivity contribution < 1.29 is 19.5 Å². The second kappa shape index (κ2) is 9.23. The van der Waals surface area contributed by atoms with E-state index in [9.17, 15) is 14.4 Å². The van der Waals surface area contributed by atoms with Crippen LogP contribution in [-0.4, -0.2) is 28.4 Å². The standard InChI is InChI=1S/C16H28O4S/c1-5-13(17)12(10-21)8-14(18)11(6-7-15(19)20)9-16(2,3)4/h11-12,21H,5-10H2,1-4H3,(H,19,20). The van der Waals surface area contributed by atoms with Crippen LogP contribution in [0.25, 0.3) is 0 Å². The van der Waals surface area contributed by atoms with E-state index in [1.807, 2.05) is 20.8 Å². The molecule has 0 aliphatic heterocycles. The Balaban J connectivity index is 4.83. The van der Waals surface area contributed by atoms with Crippen molar-refractivity contribution in [1.29, 1.82) is 0 Å². The van der Waals surface area contributed by atoms with Crippen molar-refractivity contribution in [3.8, 4) is 0 Å². The summed E-state index contributed by atoms with van der Waals surface area (Å²) in [6, 6.07) is 0. The van der Waals surface area contributed by atoms with E-state index in [0.717, 1.165) is 0 Å². The summed E-state index contributed by atoms with van der Waals surface area (Å²) in [5, 5.41) is 8.82. The van der Waals surface area contributed by atoms with Gasteiger partial charge in [-0.1, -0.05) is 27.7 Å². The van der Waals surface area contributed by atoms with Crippen LogP contribution in [0.5, 0.6) is 0 Å². The Morgan fingerprint density at radius 2 is 1.67 bits per heavy atom. The summed E-state index contributed by atoms with van der Waals surface area (Å²) in [6.07, 6.45) is 1.54. The number of carboxylic acids is 1. The van der Waals surface area contributed by atoms with Crippen LogP contribution in [0, 0.1) is 17.3 Å². The minimum atomic E-state index is -0.892. The molecule has 0 saturated carbocycles. The maximum absolute atomic E-state index is 12.4. The van der Waals surface area contributed by atoms with Gasteiger partial charge in [-0.05, 0) is 18.3 Å². The van der Waals surface area contributed by atoms with Crippen molar-refractivity contribution in [3.63, 3.8) is 0 Å². The minimum absolute atomic E-state index is 0.00738. The number of carbonyl (C=O) groups is 3. The SMILES string of the molecule is CCC(=O)C(CS)CC(=O)C(CCC(=O)O)CC(C)(C)C. The Labute approximate surface area is 133 Å². The Kier molecular flexibility index (Phi) is 8.86. The fourth-order valence-corrected chi connectivity index (χ4v) is 2.72. The van der Waals surface area contributed by atoms with Crippen molar-refractivity contribution in [2.24, 2.45) is 17.3 Å². The molecule has 0 aliphatic carbocycles. The first-order valence-electron chi connectivity index (χ1n) is 7.48. The van der Waals surface area contributed by atoms with Crippen LogP contribution in [0.15, 0.2) is 0 Å². The van der Waals surface area contributed by atoms with Gasteiger partial charge >= 0.3 is 5.97 Å². The highest BCUT2D eigenvalue weighted by molar-refractivity contribution is 7.80. The zero-order valence-electron chi connectivity index (χ0n) is 13.5. The predicted molar refractivity (Wildman–Crippen MR) is 86.7 cm³/mol. The van der Waals surface area contributed by atoms with E-state index in [-0.39, 0.29) is 41.7 Å². The van der Waals surface area contributed by atoms with E-state index >= 15 is 0 Å². The maximum Gasteiger partial charge on any atom is 0.303 e. The quantitative estimate of drug-likeness (QED) is 0.606. The molecule has 2 atom stereocenters. The lowest BCUT2D eigenvalue weighted by molar-refractivity contribution is -0.138. The lowest BCUT2D eigenvalue weighted by Crippen LogP contribution is -2.27. The van der Waals surface area contributed by atoms with E-state index in [2.05, 4.69) is 12.6 Å². The molecule has 0 saturated heterocycles. The molecule has 0 bridgehead atoms. The summed E-state index contributed by atoms with van der Waals surface area (Å²) in [7, 11) is 0. The van der Waals surface area contributed by atoms with Crippen LogP contribution >= 0.6 is 12.6 Å². The molecule has 0 fully saturated rings. The van der Waals surface area contributed by atoms with E-state index in [1.54, 1.807) is 6.92 Å². The molecule has 4 nitrogen and oxygen atoms in total. The first-order valence-corrected chi connectivity index (χ1v) is 8.12. The normalized spacial score (nSPS) is 14.5. The minimum Gasteiger partial charge on any atom is -0.481 e. The molecule has 0 aliphatic rings. The number of Topliss-reactive ketones (excluding diaryl/α,β-unsaturated/α-hetero) is 2. The number of carbonyl (C=O) groups excluding carboxylic acids is 2.